The molecule has 0 saturated heterocycles. The van der Waals surface area contributed by atoms with Crippen molar-refractivity contribution in [1.82, 2.24) is 16.0 Å². The number of ether oxygens (including phenoxy) is 2. The molecule has 0 aromatic heterocycles. The standard InChI is InChI=1S/C18H30N4O3/c1-18(2,16(23)19-3)12-22-17(20-4)21-10-9-13-7-8-14(24-5)15(11-13)25-6/h7-8,11H,9-10,12H2,1-6H3,(H,19,23)(H2,20,21,22). The largest absolute Gasteiger partial charge is 0.493 e. The number of hydrogen-bond donors (Lipinski definition) is 3. The SMILES string of the molecule is CN=C(NCCc1ccc(OC)c(OC)c1)NCC(C)(C)C(=O)NC. The second-order valence-electron chi connectivity index (χ2n) is 6.25. The molecule has 0 bridgehead atoms. The third kappa shape index (κ3) is 6.17. The lowest BCUT2D eigenvalue weighted by Crippen LogP contribution is -2.47. The molecule has 7 heteroatoms. The molecule has 0 radical (unpaired) electrons. The van der Waals surface area contributed by atoms with E-state index in [1.807, 2.05) is 32.0 Å². The van der Waals surface area contributed by atoms with Crippen LogP contribution in [0, 0.1) is 5.41 Å². The topological polar surface area (TPSA) is 84.0 Å². The van der Waals surface area contributed by atoms with E-state index in [4.69, 9.17) is 9.47 Å². The minimum atomic E-state index is -0.518. The molecule has 0 aliphatic rings. The summed E-state index contributed by atoms with van der Waals surface area (Å²) in [6.45, 7) is 4.96. The fourth-order valence-electron chi connectivity index (χ4n) is 2.31. The number of methoxy groups -OCH3 is 2. The minimum absolute atomic E-state index is 0.0132. The highest BCUT2D eigenvalue weighted by atomic mass is 16.5. The van der Waals surface area contributed by atoms with Gasteiger partial charge in [-0.1, -0.05) is 6.07 Å². The zero-order valence-corrected chi connectivity index (χ0v) is 16.0. The molecule has 1 rings (SSSR count). The van der Waals surface area contributed by atoms with Gasteiger partial charge in [0.2, 0.25) is 5.91 Å². The van der Waals surface area contributed by atoms with E-state index in [2.05, 4.69) is 20.9 Å². The molecule has 140 valence electrons. The van der Waals surface area contributed by atoms with Crippen molar-refractivity contribution in [3.8, 4) is 11.5 Å². The fraction of sp³-hybridized carbons (Fsp3) is 0.556. The molecule has 7 nitrogen and oxygen atoms in total. The summed E-state index contributed by atoms with van der Waals surface area (Å²) in [5.41, 5.74) is 0.613. The van der Waals surface area contributed by atoms with Crippen LogP contribution in [0.5, 0.6) is 11.5 Å². The monoisotopic (exact) mass is 350 g/mol. The first-order valence-electron chi connectivity index (χ1n) is 8.25. The van der Waals surface area contributed by atoms with Crippen molar-refractivity contribution in [1.29, 1.82) is 0 Å². The molecule has 0 heterocycles. The normalized spacial score (nSPS) is 11.7. The van der Waals surface area contributed by atoms with Crippen molar-refractivity contribution >= 4 is 11.9 Å². The van der Waals surface area contributed by atoms with Gasteiger partial charge in [-0.15, -0.1) is 0 Å². The molecule has 0 unspecified atom stereocenters. The van der Waals surface area contributed by atoms with Gasteiger partial charge in [0.05, 0.1) is 19.6 Å². The summed E-state index contributed by atoms with van der Waals surface area (Å²) < 4.78 is 10.6. The Labute approximate surface area is 150 Å². The van der Waals surface area contributed by atoms with Crippen molar-refractivity contribution in [2.45, 2.75) is 20.3 Å². The lowest BCUT2D eigenvalue weighted by atomic mass is 9.92. The Morgan fingerprint density at radius 1 is 1.16 bits per heavy atom. The summed E-state index contributed by atoms with van der Waals surface area (Å²) in [5, 5.41) is 9.10. The quantitative estimate of drug-likeness (QED) is 0.484. The average Bonchev–Trinajstić information content (AvgIpc) is 2.63. The van der Waals surface area contributed by atoms with E-state index < -0.39 is 5.41 Å². The Kier molecular flexibility index (Phi) is 8.04. The van der Waals surface area contributed by atoms with Gasteiger partial charge in [-0.2, -0.15) is 0 Å². The Bertz CT molecular complexity index is 600. The molecule has 0 aliphatic carbocycles. The number of carbonyl (C=O) groups excluding carboxylic acids is 1. The number of hydrogen-bond acceptors (Lipinski definition) is 4. The van der Waals surface area contributed by atoms with Crippen molar-refractivity contribution < 1.29 is 14.3 Å². The summed E-state index contributed by atoms with van der Waals surface area (Å²) >= 11 is 0. The molecule has 3 N–H and O–H groups in total. The molecular weight excluding hydrogens is 320 g/mol. The molecule has 0 saturated carbocycles. The molecule has 1 amide bonds. The maximum atomic E-state index is 11.8. The van der Waals surface area contributed by atoms with Crippen molar-refractivity contribution in [2.24, 2.45) is 10.4 Å². The first kappa shape index (κ1) is 20.6. The van der Waals surface area contributed by atoms with Gasteiger partial charge in [-0.05, 0) is 38.0 Å². The van der Waals surface area contributed by atoms with E-state index in [1.54, 1.807) is 28.3 Å². The zero-order chi connectivity index (χ0) is 18.9. The summed E-state index contributed by atoms with van der Waals surface area (Å²) in [6, 6.07) is 5.87. The molecule has 0 aliphatic heterocycles. The number of guanidine groups is 1. The van der Waals surface area contributed by atoms with Crippen LogP contribution in [0.15, 0.2) is 23.2 Å². The second kappa shape index (κ2) is 9.76. The highest BCUT2D eigenvalue weighted by Gasteiger charge is 2.26. The first-order chi connectivity index (χ1) is 11.9. The maximum absolute atomic E-state index is 11.8. The zero-order valence-electron chi connectivity index (χ0n) is 16.0. The Morgan fingerprint density at radius 3 is 2.40 bits per heavy atom. The van der Waals surface area contributed by atoms with Crippen LogP contribution in [0.2, 0.25) is 0 Å². The van der Waals surface area contributed by atoms with Gasteiger partial charge in [0.1, 0.15) is 0 Å². The summed E-state index contributed by atoms with van der Waals surface area (Å²) in [5.74, 6) is 2.08. The highest BCUT2D eigenvalue weighted by Crippen LogP contribution is 2.27. The Morgan fingerprint density at radius 2 is 1.84 bits per heavy atom. The van der Waals surface area contributed by atoms with E-state index in [0.717, 1.165) is 17.7 Å². The van der Waals surface area contributed by atoms with Crippen molar-refractivity contribution in [2.75, 3.05) is 41.4 Å². The number of rotatable bonds is 8. The van der Waals surface area contributed by atoms with Crippen LogP contribution in [0.1, 0.15) is 19.4 Å². The van der Waals surface area contributed by atoms with Crippen LogP contribution in [0.3, 0.4) is 0 Å². The number of benzene rings is 1. The second-order valence-corrected chi connectivity index (χ2v) is 6.25. The van der Waals surface area contributed by atoms with Crippen LogP contribution in [-0.4, -0.2) is 53.3 Å². The van der Waals surface area contributed by atoms with Crippen LogP contribution in [-0.2, 0) is 11.2 Å². The predicted molar refractivity (Wildman–Crippen MR) is 100 cm³/mol. The van der Waals surface area contributed by atoms with E-state index in [-0.39, 0.29) is 5.91 Å². The molecular formula is C18H30N4O3. The van der Waals surface area contributed by atoms with E-state index in [9.17, 15) is 4.79 Å². The number of carbonyl (C=O) groups is 1. The van der Waals surface area contributed by atoms with Gasteiger partial charge in [-0.3, -0.25) is 9.79 Å². The third-order valence-electron chi connectivity index (χ3n) is 3.92. The third-order valence-corrected chi connectivity index (χ3v) is 3.92. The molecule has 1 aromatic rings. The molecule has 0 atom stereocenters. The summed E-state index contributed by atoms with van der Waals surface area (Å²) in [6.07, 6.45) is 0.805. The van der Waals surface area contributed by atoms with E-state index >= 15 is 0 Å². The van der Waals surface area contributed by atoms with Gasteiger partial charge < -0.3 is 25.4 Å². The molecule has 1 aromatic carbocycles. The number of aliphatic imine (C=N–C) groups is 1. The van der Waals surface area contributed by atoms with Crippen molar-refractivity contribution in [3.05, 3.63) is 23.8 Å². The van der Waals surface area contributed by atoms with Gasteiger partial charge in [0, 0.05) is 27.2 Å². The lowest BCUT2D eigenvalue weighted by molar-refractivity contribution is -0.128. The highest BCUT2D eigenvalue weighted by molar-refractivity contribution is 5.84. The summed E-state index contributed by atoms with van der Waals surface area (Å²) in [7, 11) is 6.59. The summed E-state index contributed by atoms with van der Waals surface area (Å²) in [4.78, 5) is 16.0. The minimum Gasteiger partial charge on any atom is -0.493 e. The van der Waals surface area contributed by atoms with Crippen molar-refractivity contribution in [3.63, 3.8) is 0 Å². The van der Waals surface area contributed by atoms with Gasteiger partial charge in [-0.25, -0.2) is 0 Å². The van der Waals surface area contributed by atoms with Crippen LogP contribution >= 0.6 is 0 Å². The lowest BCUT2D eigenvalue weighted by Gasteiger charge is -2.24. The fourth-order valence-corrected chi connectivity index (χ4v) is 2.31. The van der Waals surface area contributed by atoms with Crippen LogP contribution in [0.4, 0.5) is 0 Å². The maximum Gasteiger partial charge on any atom is 0.227 e. The average molecular weight is 350 g/mol. The van der Waals surface area contributed by atoms with Gasteiger partial charge in [0.25, 0.3) is 0 Å². The Balaban J connectivity index is 2.52. The Hall–Kier alpha value is -2.44. The molecule has 0 fully saturated rings. The number of amides is 1. The molecule has 25 heavy (non-hydrogen) atoms. The van der Waals surface area contributed by atoms with Gasteiger partial charge in [0.15, 0.2) is 17.5 Å². The van der Waals surface area contributed by atoms with Gasteiger partial charge >= 0.3 is 0 Å². The van der Waals surface area contributed by atoms with E-state index in [1.165, 1.54) is 0 Å². The molecule has 0 spiro atoms. The van der Waals surface area contributed by atoms with E-state index in [0.29, 0.717) is 24.8 Å². The van der Waals surface area contributed by atoms with Crippen LogP contribution < -0.4 is 25.4 Å². The number of nitrogens with one attached hydrogen (secondary N) is 3. The van der Waals surface area contributed by atoms with Crippen LogP contribution in [0.25, 0.3) is 0 Å². The number of nitrogens with zero attached hydrogens (tertiary/aromatic N) is 1. The predicted octanol–water partition coefficient (Wildman–Crippen LogP) is 1.18. The first-order valence-corrected chi connectivity index (χ1v) is 8.25. The smallest absolute Gasteiger partial charge is 0.227 e.